The van der Waals surface area contributed by atoms with E-state index in [0.29, 0.717) is 39.3 Å². The van der Waals surface area contributed by atoms with Gasteiger partial charge in [-0.25, -0.2) is 9.59 Å². The molecule has 11 heteroatoms. The number of hydrogen-bond donors (Lipinski definition) is 3. The van der Waals surface area contributed by atoms with Crippen LogP contribution < -0.4 is 10.0 Å². The monoisotopic (exact) mass is 453 g/mol. The van der Waals surface area contributed by atoms with Gasteiger partial charge >= 0.3 is 11.9 Å². The fraction of sp³-hybridized carbons (Fsp3) is 0.227. The van der Waals surface area contributed by atoms with Crippen LogP contribution in [0.25, 0.3) is 22.2 Å². The van der Waals surface area contributed by atoms with Crippen LogP contribution >= 0.6 is 0 Å². The first-order chi connectivity index (χ1) is 15.6. The quantitative estimate of drug-likeness (QED) is 0.221. The van der Waals surface area contributed by atoms with Crippen molar-refractivity contribution in [3.63, 3.8) is 0 Å². The van der Waals surface area contributed by atoms with Crippen molar-refractivity contribution in [3.8, 4) is 11.3 Å². The van der Waals surface area contributed by atoms with Crippen molar-refractivity contribution in [3.05, 3.63) is 59.1 Å². The van der Waals surface area contributed by atoms with Crippen LogP contribution in [0.3, 0.4) is 0 Å². The van der Waals surface area contributed by atoms with Gasteiger partial charge < -0.3 is 25.6 Å². The van der Waals surface area contributed by atoms with Crippen molar-refractivity contribution in [1.82, 2.24) is 14.7 Å². The standard InChI is InChI=1S/C18H19N5O2.C4H4O4/c1-21(2)9-7-19-13-4-5-14-16-15(13)18(24)11-6-8-23(25)10-12(11)17(16)20-22(14)3;5-3(6)1-2-4(7)8/h4-6,8,10,19H,7,9H2,1-3H3;1-2H,(H,5,6)(H,7,8). The lowest BCUT2D eigenvalue weighted by molar-refractivity contribution is -0.604. The van der Waals surface area contributed by atoms with Crippen LogP contribution in [0.1, 0.15) is 15.9 Å². The summed E-state index contributed by atoms with van der Waals surface area (Å²) < 4.78 is 2.46. The van der Waals surface area contributed by atoms with Crippen molar-refractivity contribution in [2.24, 2.45) is 7.05 Å². The van der Waals surface area contributed by atoms with Crippen molar-refractivity contribution in [2.75, 3.05) is 32.5 Å². The van der Waals surface area contributed by atoms with Gasteiger partial charge in [-0.2, -0.15) is 9.83 Å². The third-order valence-corrected chi connectivity index (χ3v) is 4.92. The molecule has 11 nitrogen and oxygen atoms in total. The number of likely N-dealkylation sites (N-methyl/N-ethyl adjacent to an activating group) is 1. The first-order valence-electron chi connectivity index (χ1n) is 9.90. The van der Waals surface area contributed by atoms with Crippen LogP contribution in [0, 0.1) is 5.21 Å². The van der Waals surface area contributed by atoms with Gasteiger partial charge in [-0.1, -0.05) is 0 Å². The summed E-state index contributed by atoms with van der Waals surface area (Å²) in [5.74, 6) is -2.59. The van der Waals surface area contributed by atoms with E-state index in [-0.39, 0.29) is 5.78 Å². The summed E-state index contributed by atoms with van der Waals surface area (Å²) in [4.78, 5) is 34.3. The lowest BCUT2D eigenvalue weighted by atomic mass is 9.87. The van der Waals surface area contributed by atoms with Crippen LogP contribution in [0.2, 0.25) is 0 Å². The summed E-state index contributed by atoms with van der Waals surface area (Å²) in [6.45, 7) is 1.59. The molecule has 1 aliphatic carbocycles. The molecule has 2 aromatic heterocycles. The van der Waals surface area contributed by atoms with Gasteiger partial charge in [0.05, 0.1) is 16.6 Å². The number of benzene rings is 1. The number of nitrogens with one attached hydrogen (secondary N) is 1. The maximum Gasteiger partial charge on any atom is 0.328 e. The van der Waals surface area contributed by atoms with Crippen LogP contribution in [-0.4, -0.2) is 69.8 Å². The summed E-state index contributed by atoms with van der Waals surface area (Å²) in [5.41, 5.74) is 4.10. The van der Waals surface area contributed by atoms with Crippen LogP contribution in [0.4, 0.5) is 5.69 Å². The van der Waals surface area contributed by atoms with E-state index in [2.05, 4.69) is 15.3 Å². The minimum atomic E-state index is -1.26. The van der Waals surface area contributed by atoms with E-state index < -0.39 is 11.9 Å². The molecule has 0 aliphatic heterocycles. The van der Waals surface area contributed by atoms with Crippen LogP contribution in [0.5, 0.6) is 0 Å². The Bertz CT molecular complexity index is 1260. The maximum absolute atomic E-state index is 13.1. The Labute approximate surface area is 188 Å². The van der Waals surface area contributed by atoms with Gasteiger partial charge in [-0.15, -0.1) is 0 Å². The molecule has 1 aromatic carbocycles. The number of carboxylic acid groups (broad SMARTS) is 2. The Morgan fingerprint density at radius 3 is 2.45 bits per heavy atom. The van der Waals surface area contributed by atoms with E-state index in [9.17, 15) is 19.6 Å². The van der Waals surface area contributed by atoms with Crippen molar-refractivity contribution in [2.45, 2.75) is 0 Å². The summed E-state index contributed by atoms with van der Waals surface area (Å²) >= 11 is 0. The van der Waals surface area contributed by atoms with Gasteiger partial charge in [0.2, 0.25) is 0 Å². The fourth-order valence-corrected chi connectivity index (χ4v) is 3.48. The van der Waals surface area contributed by atoms with E-state index in [1.807, 2.05) is 33.3 Å². The minimum absolute atomic E-state index is 0.0750. The number of carbonyl (C=O) groups is 3. The highest BCUT2D eigenvalue weighted by Crippen LogP contribution is 2.41. The van der Waals surface area contributed by atoms with E-state index in [1.54, 1.807) is 10.7 Å². The fourth-order valence-electron chi connectivity index (χ4n) is 3.48. The van der Waals surface area contributed by atoms with Gasteiger partial charge in [0.1, 0.15) is 5.69 Å². The number of pyridine rings is 1. The molecule has 0 saturated carbocycles. The molecule has 0 fully saturated rings. The lowest BCUT2D eigenvalue weighted by Gasteiger charge is -2.19. The number of ketones is 1. The zero-order valence-corrected chi connectivity index (χ0v) is 18.3. The minimum Gasteiger partial charge on any atom is -0.619 e. The molecule has 0 unspecified atom stereocenters. The average Bonchev–Trinajstić information content (AvgIpc) is 3.08. The number of nitrogens with zero attached hydrogens (tertiary/aromatic N) is 4. The van der Waals surface area contributed by atoms with E-state index in [0.717, 1.165) is 29.7 Å². The zero-order valence-electron chi connectivity index (χ0n) is 18.3. The van der Waals surface area contributed by atoms with Crippen molar-refractivity contribution in [1.29, 1.82) is 0 Å². The molecule has 0 amide bonds. The van der Waals surface area contributed by atoms with Gasteiger partial charge in [0.15, 0.2) is 18.2 Å². The molecule has 0 radical (unpaired) electrons. The summed E-state index contributed by atoms with van der Waals surface area (Å²) in [6.07, 6.45) is 3.89. The van der Waals surface area contributed by atoms with E-state index >= 15 is 0 Å². The molecule has 1 aliphatic rings. The highest BCUT2D eigenvalue weighted by molar-refractivity contribution is 6.27. The molecule has 3 aromatic rings. The van der Waals surface area contributed by atoms with E-state index in [1.165, 1.54) is 12.4 Å². The topological polar surface area (TPSA) is 152 Å². The van der Waals surface area contributed by atoms with Gasteiger partial charge in [0, 0.05) is 55.0 Å². The van der Waals surface area contributed by atoms with Gasteiger partial charge in [0.25, 0.3) is 0 Å². The number of carboxylic acids is 2. The highest BCUT2D eigenvalue weighted by atomic mass is 16.5. The Morgan fingerprint density at radius 1 is 1.18 bits per heavy atom. The normalized spacial score (nSPS) is 11.9. The number of aliphatic carboxylic acids is 2. The molecule has 0 bridgehead atoms. The smallest absolute Gasteiger partial charge is 0.328 e. The third kappa shape index (κ3) is 4.99. The SMILES string of the molecule is CN(C)CCNc1ccc2c3c(nn2C)-c2c[n+]([O-])ccc2C(=O)c13.O=C(O)C=CC(=O)O. The molecule has 3 N–H and O–H groups in total. The first-order valence-corrected chi connectivity index (χ1v) is 9.90. The summed E-state index contributed by atoms with van der Waals surface area (Å²) in [6, 6.07) is 5.46. The Hall–Kier alpha value is -4.25. The molecule has 0 saturated heterocycles. The Kier molecular flexibility index (Phi) is 6.73. The number of hydrogen-bond acceptors (Lipinski definition) is 7. The predicted octanol–water partition coefficient (Wildman–Crippen LogP) is 1.10. The molecule has 2 heterocycles. The molecular weight excluding hydrogens is 430 g/mol. The number of aryl methyl sites for hydroxylation is 1. The second-order valence-electron chi connectivity index (χ2n) is 7.56. The number of carbonyl (C=O) groups excluding carboxylic acids is 1. The molecule has 4 rings (SSSR count). The first kappa shape index (κ1) is 23.4. The van der Waals surface area contributed by atoms with Crippen LogP contribution in [-0.2, 0) is 16.6 Å². The maximum atomic E-state index is 13.1. The number of aromatic nitrogens is 3. The summed E-state index contributed by atoms with van der Waals surface area (Å²) in [5, 5.41) is 36.1. The summed E-state index contributed by atoms with van der Waals surface area (Å²) in [7, 11) is 5.86. The molecule has 0 spiro atoms. The highest BCUT2D eigenvalue weighted by Gasteiger charge is 2.32. The molecule has 33 heavy (non-hydrogen) atoms. The second-order valence-corrected chi connectivity index (χ2v) is 7.56. The zero-order chi connectivity index (χ0) is 24.3. The lowest BCUT2D eigenvalue weighted by Crippen LogP contribution is -2.27. The Balaban J connectivity index is 0.000000331. The second kappa shape index (κ2) is 9.49. The Morgan fingerprint density at radius 2 is 1.85 bits per heavy atom. The van der Waals surface area contributed by atoms with Crippen LogP contribution in [0.15, 0.2) is 42.7 Å². The number of anilines is 1. The molecular formula is C22H23N5O6. The van der Waals surface area contributed by atoms with Gasteiger partial charge in [-0.3, -0.25) is 9.48 Å². The number of fused-ring (bicyclic) bond motifs is 2. The molecule has 172 valence electrons. The van der Waals surface area contributed by atoms with E-state index in [4.69, 9.17) is 10.2 Å². The average molecular weight is 453 g/mol. The van der Waals surface area contributed by atoms with Crippen molar-refractivity contribution < 1.29 is 29.3 Å². The number of rotatable bonds is 6. The largest absolute Gasteiger partial charge is 0.619 e. The molecule has 0 atom stereocenters. The van der Waals surface area contributed by atoms with Crippen molar-refractivity contribution >= 4 is 34.3 Å². The van der Waals surface area contributed by atoms with Gasteiger partial charge in [-0.05, 0) is 26.2 Å². The third-order valence-electron chi connectivity index (χ3n) is 4.92. The predicted molar refractivity (Wildman–Crippen MR) is 120 cm³/mol.